The second kappa shape index (κ2) is 6.78. The first-order valence-corrected chi connectivity index (χ1v) is 7.26. The number of aromatic nitrogens is 4. The fourth-order valence-electron chi connectivity index (χ4n) is 2.19. The predicted molar refractivity (Wildman–Crippen MR) is 89.2 cm³/mol. The minimum absolute atomic E-state index is 0.117. The molecule has 0 bridgehead atoms. The number of imidazole rings is 1. The average Bonchev–Trinajstić information content (AvgIpc) is 3.03. The number of benzene rings is 1. The fourth-order valence-corrected chi connectivity index (χ4v) is 2.19. The van der Waals surface area contributed by atoms with Crippen molar-refractivity contribution in [3.05, 3.63) is 68.4 Å². The second-order valence-corrected chi connectivity index (χ2v) is 5.11. The van der Waals surface area contributed by atoms with Crippen LogP contribution in [0.3, 0.4) is 0 Å². The highest BCUT2D eigenvalue weighted by molar-refractivity contribution is 5.87. The zero-order chi connectivity index (χ0) is 18.7. The van der Waals surface area contributed by atoms with Crippen LogP contribution in [0.15, 0.2) is 45.7 Å². The Morgan fingerprint density at radius 1 is 1.23 bits per heavy atom. The van der Waals surface area contributed by atoms with Gasteiger partial charge in [-0.15, -0.1) is 0 Å². The van der Waals surface area contributed by atoms with E-state index in [1.165, 1.54) is 0 Å². The lowest BCUT2D eigenvalue weighted by molar-refractivity contribution is 0.0495. The molecule has 0 aliphatic rings. The van der Waals surface area contributed by atoms with Crippen LogP contribution in [0.4, 0.5) is 0 Å². The number of carbonyl (C=O) groups is 1. The van der Waals surface area contributed by atoms with Crippen molar-refractivity contribution in [2.75, 3.05) is 6.61 Å². The fraction of sp³-hybridized carbons (Fsp3) is 0.0625. The van der Waals surface area contributed by atoms with Crippen LogP contribution < -0.4 is 11.2 Å². The number of ether oxygens (including phenoxy) is 1. The highest BCUT2D eigenvalue weighted by Gasteiger charge is 2.16. The molecule has 0 atom stereocenters. The van der Waals surface area contributed by atoms with Gasteiger partial charge in [0.05, 0.1) is 11.0 Å². The SMILES string of the molecule is N#C/C(=C(\O)COC(=O)c1cc(=O)[nH]c(=O)[nH]1)c1nc2ccccc2[nH]1. The third-order valence-electron chi connectivity index (χ3n) is 3.35. The second-order valence-electron chi connectivity index (χ2n) is 5.11. The number of carbonyl (C=O) groups excluding carboxylic acids is 1. The van der Waals surface area contributed by atoms with Gasteiger partial charge < -0.3 is 19.8 Å². The number of allylic oxidation sites excluding steroid dienone is 1. The van der Waals surface area contributed by atoms with E-state index < -0.39 is 29.6 Å². The lowest BCUT2D eigenvalue weighted by Crippen LogP contribution is -2.25. The first-order valence-electron chi connectivity index (χ1n) is 7.26. The summed E-state index contributed by atoms with van der Waals surface area (Å²) in [5.74, 6) is -1.46. The van der Waals surface area contributed by atoms with Gasteiger partial charge in [0.2, 0.25) is 0 Å². The summed E-state index contributed by atoms with van der Waals surface area (Å²) in [6, 6.07) is 9.67. The maximum absolute atomic E-state index is 11.9. The van der Waals surface area contributed by atoms with Gasteiger partial charge in [0, 0.05) is 6.07 Å². The van der Waals surface area contributed by atoms with E-state index in [0.717, 1.165) is 6.07 Å². The number of hydrogen-bond donors (Lipinski definition) is 4. The van der Waals surface area contributed by atoms with Gasteiger partial charge in [0.1, 0.15) is 23.9 Å². The molecule has 130 valence electrons. The monoisotopic (exact) mass is 353 g/mol. The molecule has 0 amide bonds. The Morgan fingerprint density at radius 3 is 2.69 bits per heavy atom. The molecule has 10 nitrogen and oxygen atoms in total. The Kier molecular flexibility index (Phi) is 4.36. The lowest BCUT2D eigenvalue weighted by Gasteiger charge is -2.05. The van der Waals surface area contributed by atoms with Crippen LogP contribution in [0.5, 0.6) is 0 Å². The molecule has 0 saturated carbocycles. The highest BCUT2D eigenvalue weighted by Crippen LogP contribution is 2.18. The van der Waals surface area contributed by atoms with E-state index in [4.69, 9.17) is 4.74 Å². The summed E-state index contributed by atoms with van der Waals surface area (Å²) in [5, 5.41) is 19.3. The third kappa shape index (κ3) is 3.36. The van der Waals surface area contributed by atoms with Gasteiger partial charge in [-0.1, -0.05) is 12.1 Å². The zero-order valence-electron chi connectivity index (χ0n) is 13.1. The van der Waals surface area contributed by atoms with Crippen molar-refractivity contribution in [2.45, 2.75) is 0 Å². The van der Waals surface area contributed by atoms with Crippen LogP contribution in [0.2, 0.25) is 0 Å². The molecule has 0 saturated heterocycles. The quantitative estimate of drug-likeness (QED) is 0.303. The number of nitriles is 1. The zero-order valence-corrected chi connectivity index (χ0v) is 13.1. The van der Waals surface area contributed by atoms with Crippen molar-refractivity contribution in [1.82, 2.24) is 19.9 Å². The summed E-state index contributed by atoms with van der Waals surface area (Å²) in [6.45, 7) is -0.645. The first kappa shape index (κ1) is 16.7. The molecule has 0 spiro atoms. The van der Waals surface area contributed by atoms with Crippen molar-refractivity contribution in [3.63, 3.8) is 0 Å². The standard InChI is InChI=1S/C16H11N5O5/c17-6-8(14-18-9-3-1-2-4-10(9)19-14)12(22)7-26-15(24)11-5-13(23)21-16(25)20-11/h1-5,22H,7H2,(H,18,19)(H2,20,21,23,25)/b12-8+. The number of aliphatic hydroxyl groups is 1. The van der Waals surface area contributed by atoms with Crippen molar-refractivity contribution in [3.8, 4) is 6.07 Å². The Balaban J connectivity index is 1.83. The van der Waals surface area contributed by atoms with Crippen LogP contribution in [0, 0.1) is 11.3 Å². The van der Waals surface area contributed by atoms with E-state index in [2.05, 4.69) is 15.0 Å². The number of esters is 1. The Morgan fingerprint density at radius 2 is 2.00 bits per heavy atom. The Hall–Kier alpha value is -4.13. The lowest BCUT2D eigenvalue weighted by atomic mass is 10.2. The number of H-pyrrole nitrogens is 3. The van der Waals surface area contributed by atoms with Gasteiger partial charge in [0.15, 0.2) is 11.6 Å². The van der Waals surface area contributed by atoms with E-state index in [1.54, 1.807) is 30.3 Å². The van der Waals surface area contributed by atoms with Gasteiger partial charge >= 0.3 is 11.7 Å². The number of aromatic amines is 3. The van der Waals surface area contributed by atoms with E-state index in [-0.39, 0.29) is 17.1 Å². The van der Waals surface area contributed by atoms with E-state index in [0.29, 0.717) is 11.0 Å². The minimum Gasteiger partial charge on any atom is -0.507 e. The Labute approximate surface area is 144 Å². The molecule has 0 aliphatic carbocycles. The maximum atomic E-state index is 11.9. The third-order valence-corrected chi connectivity index (χ3v) is 3.35. The van der Waals surface area contributed by atoms with Crippen molar-refractivity contribution in [1.29, 1.82) is 5.26 Å². The molecular weight excluding hydrogens is 342 g/mol. The minimum atomic E-state index is -1.04. The molecule has 2 heterocycles. The summed E-state index contributed by atoms with van der Waals surface area (Å²) in [6.07, 6.45) is 0. The van der Waals surface area contributed by atoms with Crippen molar-refractivity contribution >= 4 is 22.6 Å². The number of para-hydroxylation sites is 2. The van der Waals surface area contributed by atoms with E-state index in [9.17, 15) is 24.8 Å². The van der Waals surface area contributed by atoms with Gasteiger partial charge in [-0.3, -0.25) is 9.78 Å². The molecule has 3 aromatic rings. The number of hydrogen-bond acceptors (Lipinski definition) is 7. The summed E-state index contributed by atoms with van der Waals surface area (Å²) in [5.41, 5.74) is -0.964. The molecular formula is C16H11N5O5. The van der Waals surface area contributed by atoms with Crippen LogP contribution in [0.1, 0.15) is 16.3 Å². The van der Waals surface area contributed by atoms with Crippen LogP contribution in [0.25, 0.3) is 16.6 Å². The summed E-state index contributed by atoms with van der Waals surface area (Å²) in [4.78, 5) is 45.2. The molecule has 1 aromatic carbocycles. The van der Waals surface area contributed by atoms with E-state index in [1.807, 2.05) is 4.98 Å². The van der Waals surface area contributed by atoms with Crippen molar-refractivity contribution in [2.24, 2.45) is 0 Å². The topological polar surface area (TPSA) is 165 Å². The molecule has 0 unspecified atom stereocenters. The smallest absolute Gasteiger partial charge is 0.355 e. The molecule has 4 N–H and O–H groups in total. The molecule has 3 rings (SSSR count). The number of nitrogens with one attached hydrogen (secondary N) is 3. The molecule has 0 radical (unpaired) electrons. The Bertz CT molecular complexity index is 1120. The van der Waals surface area contributed by atoms with E-state index >= 15 is 0 Å². The molecule has 10 heteroatoms. The predicted octanol–water partition coefficient (Wildman–Crippen LogP) is 0.589. The number of nitrogens with zero attached hydrogens (tertiary/aromatic N) is 2. The highest BCUT2D eigenvalue weighted by atomic mass is 16.5. The van der Waals surface area contributed by atoms with Gasteiger partial charge in [-0.2, -0.15) is 5.26 Å². The molecule has 2 aromatic heterocycles. The largest absolute Gasteiger partial charge is 0.507 e. The average molecular weight is 353 g/mol. The van der Waals surface area contributed by atoms with Gasteiger partial charge in [0.25, 0.3) is 5.56 Å². The summed E-state index contributed by atoms with van der Waals surface area (Å²) >= 11 is 0. The number of aliphatic hydroxyl groups excluding tert-OH is 1. The summed E-state index contributed by atoms with van der Waals surface area (Å²) < 4.78 is 4.82. The molecule has 0 aliphatic heterocycles. The molecule has 0 fully saturated rings. The number of rotatable bonds is 4. The maximum Gasteiger partial charge on any atom is 0.355 e. The van der Waals surface area contributed by atoms with Crippen LogP contribution in [-0.4, -0.2) is 37.6 Å². The number of fused-ring (bicyclic) bond motifs is 1. The van der Waals surface area contributed by atoms with Crippen LogP contribution >= 0.6 is 0 Å². The van der Waals surface area contributed by atoms with Gasteiger partial charge in [-0.25, -0.2) is 14.6 Å². The van der Waals surface area contributed by atoms with Crippen molar-refractivity contribution < 1.29 is 14.6 Å². The normalized spacial score (nSPS) is 11.7. The summed E-state index contributed by atoms with van der Waals surface area (Å²) in [7, 11) is 0. The van der Waals surface area contributed by atoms with Gasteiger partial charge in [-0.05, 0) is 12.1 Å². The van der Waals surface area contributed by atoms with Crippen LogP contribution in [-0.2, 0) is 4.74 Å². The molecule has 26 heavy (non-hydrogen) atoms. The first-order chi connectivity index (χ1) is 12.5.